The van der Waals surface area contributed by atoms with E-state index in [0.717, 1.165) is 47.2 Å². The Hall–Kier alpha value is -4.32. The first-order chi connectivity index (χ1) is 18.1. The van der Waals surface area contributed by atoms with E-state index in [0.29, 0.717) is 41.1 Å². The molecular weight excluding hydrogens is 472 g/mol. The molecule has 1 aliphatic heterocycles. The number of hydrogen-bond acceptors (Lipinski definition) is 8. The van der Waals surface area contributed by atoms with Gasteiger partial charge in [-0.05, 0) is 62.3 Å². The number of benzene rings is 3. The minimum Gasteiger partial charge on any atom is -0.352 e. The molecule has 2 heterocycles. The van der Waals surface area contributed by atoms with E-state index in [-0.39, 0.29) is 11.9 Å². The molecular formula is C26H28N8O3. The maximum atomic E-state index is 12.8. The van der Waals surface area contributed by atoms with Crippen molar-refractivity contribution in [2.75, 3.05) is 36.4 Å². The van der Waals surface area contributed by atoms with E-state index >= 15 is 0 Å². The topological polar surface area (TPSA) is 138 Å². The highest BCUT2D eigenvalue weighted by molar-refractivity contribution is 6.06. The van der Waals surface area contributed by atoms with Gasteiger partial charge < -0.3 is 10.6 Å². The number of hydrazine groups is 1. The molecule has 4 aromatic rings. The first-order valence-electron chi connectivity index (χ1n) is 12.1. The Balaban J connectivity index is 1.04. The summed E-state index contributed by atoms with van der Waals surface area (Å²) in [6.07, 6.45) is 1.50. The molecule has 0 saturated carbocycles. The molecule has 1 aromatic heterocycles. The molecule has 0 atom stereocenters. The summed E-state index contributed by atoms with van der Waals surface area (Å²) in [5.74, 6) is -0.0194. The molecule has 0 unspecified atom stereocenters. The lowest BCUT2D eigenvalue weighted by molar-refractivity contribution is 0.0954. The molecule has 37 heavy (non-hydrogen) atoms. The lowest BCUT2D eigenvalue weighted by atomic mass is 10.1. The van der Waals surface area contributed by atoms with E-state index in [1.165, 1.54) is 0 Å². The van der Waals surface area contributed by atoms with E-state index in [2.05, 4.69) is 31.0 Å². The van der Waals surface area contributed by atoms with Crippen LogP contribution in [0.5, 0.6) is 0 Å². The first kappa shape index (κ1) is 24.4. The number of carbonyl (C=O) groups is 1. The molecule has 190 valence electrons. The Kier molecular flexibility index (Phi) is 7.36. The second-order valence-corrected chi connectivity index (χ2v) is 8.53. The van der Waals surface area contributed by atoms with Crippen molar-refractivity contribution in [2.45, 2.75) is 12.8 Å². The number of rotatable bonds is 9. The SMILES string of the molecule is O=C(NCCCNCCCN=C1NN(O)c2ccccc2N1O)c1cccc2nc3ccccc3nc12. The van der Waals surface area contributed by atoms with E-state index in [1.807, 2.05) is 36.4 Å². The molecule has 1 aliphatic rings. The Morgan fingerprint density at radius 1 is 0.838 bits per heavy atom. The highest BCUT2D eigenvalue weighted by atomic mass is 16.6. The Bertz CT molecular complexity index is 1440. The molecule has 0 radical (unpaired) electrons. The summed E-state index contributed by atoms with van der Waals surface area (Å²) in [6, 6.07) is 20.0. The highest BCUT2D eigenvalue weighted by Crippen LogP contribution is 2.29. The molecule has 11 heteroatoms. The monoisotopic (exact) mass is 500 g/mol. The number of carbonyl (C=O) groups excluding carboxylic acids is 1. The van der Waals surface area contributed by atoms with Gasteiger partial charge in [0.15, 0.2) is 0 Å². The van der Waals surface area contributed by atoms with Crippen LogP contribution in [0.3, 0.4) is 0 Å². The number of amides is 1. The van der Waals surface area contributed by atoms with Gasteiger partial charge in [-0.2, -0.15) is 10.2 Å². The number of nitrogens with one attached hydrogen (secondary N) is 3. The Morgan fingerprint density at radius 2 is 1.54 bits per heavy atom. The molecule has 11 nitrogen and oxygen atoms in total. The average Bonchev–Trinajstić information content (AvgIpc) is 2.93. The number of hydrogen-bond donors (Lipinski definition) is 5. The highest BCUT2D eigenvalue weighted by Gasteiger charge is 2.25. The summed E-state index contributed by atoms with van der Waals surface area (Å²) < 4.78 is 0. The van der Waals surface area contributed by atoms with Gasteiger partial charge in [0.05, 0.1) is 22.1 Å². The van der Waals surface area contributed by atoms with Crippen molar-refractivity contribution in [3.05, 3.63) is 72.3 Å². The zero-order valence-electron chi connectivity index (χ0n) is 20.1. The van der Waals surface area contributed by atoms with Gasteiger partial charge in [-0.1, -0.05) is 30.3 Å². The number of aliphatic imine (C=N–C) groups is 1. The van der Waals surface area contributed by atoms with Crippen molar-refractivity contribution >= 4 is 45.3 Å². The van der Waals surface area contributed by atoms with Crippen LogP contribution in [0.25, 0.3) is 22.1 Å². The molecule has 1 amide bonds. The van der Waals surface area contributed by atoms with Gasteiger partial charge in [-0.15, -0.1) is 0 Å². The summed E-state index contributed by atoms with van der Waals surface area (Å²) in [7, 11) is 0. The van der Waals surface area contributed by atoms with Crippen molar-refractivity contribution in [2.24, 2.45) is 4.99 Å². The molecule has 5 rings (SSSR count). The molecule has 0 spiro atoms. The molecule has 3 aromatic carbocycles. The maximum Gasteiger partial charge on any atom is 0.253 e. The minimum atomic E-state index is -0.168. The number of aromatic nitrogens is 2. The lowest BCUT2D eigenvalue weighted by Gasteiger charge is -2.32. The predicted molar refractivity (Wildman–Crippen MR) is 142 cm³/mol. The van der Waals surface area contributed by atoms with Crippen LogP contribution in [-0.4, -0.2) is 58.4 Å². The van der Waals surface area contributed by atoms with Crippen molar-refractivity contribution in [3.63, 3.8) is 0 Å². The number of guanidine groups is 1. The van der Waals surface area contributed by atoms with E-state index in [4.69, 9.17) is 0 Å². The largest absolute Gasteiger partial charge is 0.352 e. The van der Waals surface area contributed by atoms with Crippen LogP contribution in [0.1, 0.15) is 23.2 Å². The first-order valence-corrected chi connectivity index (χ1v) is 12.1. The van der Waals surface area contributed by atoms with E-state index in [9.17, 15) is 15.2 Å². The number of hydroxylamine groups is 1. The number of fused-ring (bicyclic) bond motifs is 3. The van der Waals surface area contributed by atoms with Crippen LogP contribution in [0.2, 0.25) is 0 Å². The lowest BCUT2D eigenvalue weighted by Crippen LogP contribution is -2.52. The normalized spacial score (nSPS) is 14.2. The molecule has 0 aliphatic carbocycles. The van der Waals surface area contributed by atoms with Crippen LogP contribution < -0.4 is 26.3 Å². The maximum absolute atomic E-state index is 12.8. The Labute approximate surface area is 213 Å². The minimum absolute atomic E-state index is 0.148. The van der Waals surface area contributed by atoms with Gasteiger partial charge in [0.25, 0.3) is 5.91 Å². The Morgan fingerprint density at radius 3 is 2.38 bits per heavy atom. The third-order valence-electron chi connectivity index (χ3n) is 5.95. The number of anilines is 2. The van der Waals surface area contributed by atoms with Gasteiger partial charge >= 0.3 is 0 Å². The van der Waals surface area contributed by atoms with Crippen LogP contribution in [0.15, 0.2) is 71.7 Å². The van der Waals surface area contributed by atoms with Gasteiger partial charge in [0.1, 0.15) is 16.9 Å². The zero-order valence-corrected chi connectivity index (χ0v) is 20.1. The third-order valence-corrected chi connectivity index (χ3v) is 5.95. The fourth-order valence-corrected chi connectivity index (χ4v) is 4.09. The second-order valence-electron chi connectivity index (χ2n) is 8.53. The number of nitrogens with zero attached hydrogens (tertiary/aromatic N) is 5. The van der Waals surface area contributed by atoms with E-state index in [1.54, 1.807) is 30.3 Å². The van der Waals surface area contributed by atoms with Crippen molar-refractivity contribution in [1.29, 1.82) is 0 Å². The van der Waals surface area contributed by atoms with Crippen LogP contribution in [0, 0.1) is 0 Å². The standard InChI is InChI=1S/C26H28N8O3/c35-25(18-8-5-11-21-24(18)31-20-10-2-1-9-19(20)30-21)28-16-6-14-27-15-7-17-29-26-32-34(37)23-13-4-3-12-22(23)33(26)36/h1-5,8-13,27,36-37H,6-7,14-17H2,(H,28,35)(H,29,32). The number of para-hydroxylation sites is 5. The van der Waals surface area contributed by atoms with Crippen LogP contribution >= 0.6 is 0 Å². The molecule has 0 fully saturated rings. The van der Waals surface area contributed by atoms with E-state index < -0.39 is 0 Å². The second kappa shape index (κ2) is 11.2. The van der Waals surface area contributed by atoms with Crippen molar-refractivity contribution in [3.8, 4) is 0 Å². The van der Waals surface area contributed by atoms with Crippen LogP contribution in [-0.2, 0) is 0 Å². The van der Waals surface area contributed by atoms with Gasteiger partial charge in [-0.3, -0.25) is 15.2 Å². The summed E-state index contributed by atoms with van der Waals surface area (Å²) in [4.78, 5) is 26.4. The summed E-state index contributed by atoms with van der Waals surface area (Å²) in [5.41, 5.74) is 6.86. The predicted octanol–water partition coefficient (Wildman–Crippen LogP) is 2.85. The van der Waals surface area contributed by atoms with Gasteiger partial charge in [0, 0.05) is 13.1 Å². The van der Waals surface area contributed by atoms with Crippen molar-refractivity contribution in [1.82, 2.24) is 26.0 Å². The third kappa shape index (κ3) is 5.43. The van der Waals surface area contributed by atoms with Gasteiger partial charge in [-0.25, -0.2) is 20.4 Å². The zero-order chi connectivity index (χ0) is 25.6. The summed E-state index contributed by atoms with van der Waals surface area (Å²) >= 11 is 0. The fourth-order valence-electron chi connectivity index (χ4n) is 4.09. The average molecular weight is 501 g/mol. The smallest absolute Gasteiger partial charge is 0.253 e. The van der Waals surface area contributed by atoms with Crippen molar-refractivity contribution < 1.29 is 15.2 Å². The fraction of sp³-hybridized carbons (Fsp3) is 0.231. The quantitative estimate of drug-likeness (QED) is 0.173. The van der Waals surface area contributed by atoms with Crippen LogP contribution in [0.4, 0.5) is 11.4 Å². The summed E-state index contributed by atoms with van der Waals surface area (Å²) in [6.45, 7) is 2.44. The summed E-state index contributed by atoms with van der Waals surface area (Å²) in [5, 5.41) is 28.4. The van der Waals surface area contributed by atoms with Gasteiger partial charge in [0.2, 0.25) is 5.96 Å². The molecule has 0 saturated heterocycles. The molecule has 0 bridgehead atoms. The molecule has 5 N–H and O–H groups in total.